The van der Waals surface area contributed by atoms with Crippen molar-refractivity contribution in [2.75, 3.05) is 13.7 Å². The summed E-state index contributed by atoms with van der Waals surface area (Å²) in [6, 6.07) is 0. The summed E-state index contributed by atoms with van der Waals surface area (Å²) in [4.78, 5) is 22.9. The van der Waals surface area contributed by atoms with Crippen molar-refractivity contribution in [1.29, 1.82) is 0 Å². The number of carboxylic acid groups (broad SMARTS) is 1. The highest BCUT2D eigenvalue weighted by atomic mass is 16.5. The predicted molar refractivity (Wildman–Crippen MR) is 69.7 cm³/mol. The van der Waals surface area contributed by atoms with Gasteiger partial charge < -0.3 is 15.2 Å². The molecule has 0 saturated heterocycles. The zero-order chi connectivity index (χ0) is 13.9. The molecule has 0 radical (unpaired) electrons. The molecule has 19 heavy (non-hydrogen) atoms. The van der Waals surface area contributed by atoms with E-state index in [9.17, 15) is 9.59 Å². The summed E-state index contributed by atoms with van der Waals surface area (Å²) in [6.45, 7) is 0.585. The van der Waals surface area contributed by atoms with E-state index >= 15 is 0 Å². The van der Waals surface area contributed by atoms with Gasteiger partial charge in [-0.15, -0.1) is 0 Å². The Morgan fingerprint density at radius 3 is 2.21 bits per heavy atom. The van der Waals surface area contributed by atoms with Crippen molar-refractivity contribution in [3.05, 3.63) is 0 Å². The molecule has 2 fully saturated rings. The molecule has 0 aliphatic heterocycles. The first-order valence-electron chi connectivity index (χ1n) is 7.12. The molecule has 1 amide bonds. The Hall–Kier alpha value is -1.10. The minimum absolute atomic E-state index is 0.0235. The van der Waals surface area contributed by atoms with Gasteiger partial charge in [0.05, 0.1) is 11.5 Å². The normalized spacial score (nSPS) is 29.3. The lowest BCUT2D eigenvalue weighted by Crippen LogP contribution is -2.50. The fourth-order valence-corrected chi connectivity index (χ4v) is 3.02. The minimum atomic E-state index is -0.730. The molecule has 0 spiro atoms. The number of aliphatic carboxylic acids is 1. The third-order valence-corrected chi connectivity index (χ3v) is 4.73. The lowest BCUT2D eigenvalue weighted by atomic mass is 9.79. The highest BCUT2D eigenvalue weighted by molar-refractivity contribution is 5.79. The molecule has 108 valence electrons. The number of carbonyl (C=O) groups is 2. The summed E-state index contributed by atoms with van der Waals surface area (Å²) in [7, 11) is 1.70. The van der Waals surface area contributed by atoms with Gasteiger partial charge in [0.15, 0.2) is 0 Å². The summed E-state index contributed by atoms with van der Waals surface area (Å²) in [5.74, 6) is -0.954. The van der Waals surface area contributed by atoms with Crippen LogP contribution in [0.3, 0.4) is 0 Å². The Morgan fingerprint density at radius 2 is 1.79 bits per heavy atom. The van der Waals surface area contributed by atoms with E-state index in [-0.39, 0.29) is 23.3 Å². The first-order chi connectivity index (χ1) is 9.06. The summed E-state index contributed by atoms with van der Waals surface area (Å²) >= 11 is 0. The Balaban J connectivity index is 1.74. The number of nitrogens with one attached hydrogen (secondary N) is 1. The second-order valence-corrected chi connectivity index (χ2v) is 5.85. The molecule has 0 aromatic carbocycles. The quantitative estimate of drug-likeness (QED) is 0.794. The second-order valence-electron chi connectivity index (χ2n) is 5.85. The molecule has 0 heterocycles. The standard InChI is InChI=1S/C14H23NO4/c1-19-14(7-2-8-14)9-15-12(16)10-3-5-11(6-4-10)13(17)18/h10-11H,2-9H2,1H3,(H,15,16)(H,17,18). The first-order valence-corrected chi connectivity index (χ1v) is 7.12. The molecule has 2 saturated carbocycles. The molecule has 0 aromatic heterocycles. The fourth-order valence-electron chi connectivity index (χ4n) is 3.02. The molecule has 5 heteroatoms. The SMILES string of the molecule is COC1(CNC(=O)C2CCC(C(=O)O)CC2)CCC1. The molecule has 2 aliphatic rings. The molecule has 0 bridgehead atoms. The predicted octanol–water partition coefficient (Wildman–Crippen LogP) is 1.56. The molecule has 0 aromatic rings. The Morgan fingerprint density at radius 1 is 1.21 bits per heavy atom. The van der Waals surface area contributed by atoms with Crippen LogP contribution in [0.2, 0.25) is 0 Å². The van der Waals surface area contributed by atoms with E-state index in [0.717, 1.165) is 19.3 Å². The van der Waals surface area contributed by atoms with E-state index in [1.807, 2.05) is 0 Å². The van der Waals surface area contributed by atoms with Crippen LogP contribution in [-0.4, -0.2) is 36.2 Å². The topological polar surface area (TPSA) is 75.6 Å². The van der Waals surface area contributed by atoms with Crippen molar-refractivity contribution in [2.24, 2.45) is 11.8 Å². The Bertz CT molecular complexity index is 338. The van der Waals surface area contributed by atoms with E-state index in [0.29, 0.717) is 32.2 Å². The number of rotatable bonds is 5. The van der Waals surface area contributed by atoms with Crippen molar-refractivity contribution >= 4 is 11.9 Å². The molecular formula is C14H23NO4. The van der Waals surface area contributed by atoms with Crippen LogP contribution in [0.5, 0.6) is 0 Å². The number of ether oxygens (including phenoxy) is 1. The maximum Gasteiger partial charge on any atom is 0.306 e. The maximum absolute atomic E-state index is 12.1. The van der Waals surface area contributed by atoms with Crippen LogP contribution in [0, 0.1) is 11.8 Å². The van der Waals surface area contributed by atoms with Crippen LogP contribution in [0.4, 0.5) is 0 Å². The molecule has 2 aliphatic carbocycles. The van der Waals surface area contributed by atoms with E-state index in [2.05, 4.69) is 5.32 Å². The lowest BCUT2D eigenvalue weighted by molar-refractivity contribution is -0.144. The van der Waals surface area contributed by atoms with Gasteiger partial charge in [0.1, 0.15) is 0 Å². The summed E-state index contributed by atoms with van der Waals surface area (Å²) in [5.41, 5.74) is -0.145. The van der Waals surface area contributed by atoms with Gasteiger partial charge in [0.25, 0.3) is 0 Å². The molecule has 0 unspecified atom stereocenters. The molecule has 2 rings (SSSR count). The molecular weight excluding hydrogens is 246 g/mol. The van der Waals surface area contributed by atoms with Gasteiger partial charge in [-0.05, 0) is 44.9 Å². The van der Waals surface area contributed by atoms with Crippen LogP contribution in [-0.2, 0) is 14.3 Å². The van der Waals surface area contributed by atoms with Crippen molar-refractivity contribution < 1.29 is 19.4 Å². The van der Waals surface area contributed by atoms with Crippen LogP contribution >= 0.6 is 0 Å². The second kappa shape index (κ2) is 5.90. The molecule has 2 N–H and O–H groups in total. The Labute approximate surface area is 113 Å². The minimum Gasteiger partial charge on any atom is -0.481 e. The number of amides is 1. The summed E-state index contributed by atoms with van der Waals surface area (Å²) < 4.78 is 5.47. The van der Waals surface area contributed by atoms with E-state index < -0.39 is 5.97 Å². The molecule has 0 atom stereocenters. The van der Waals surface area contributed by atoms with Crippen molar-refractivity contribution in [2.45, 2.75) is 50.5 Å². The zero-order valence-electron chi connectivity index (χ0n) is 11.5. The maximum atomic E-state index is 12.1. The summed E-state index contributed by atoms with van der Waals surface area (Å²) in [5, 5.41) is 11.9. The average Bonchev–Trinajstić information content (AvgIpc) is 2.38. The number of methoxy groups -OCH3 is 1. The number of hydrogen-bond acceptors (Lipinski definition) is 3. The van der Waals surface area contributed by atoms with Gasteiger partial charge in [-0.2, -0.15) is 0 Å². The van der Waals surface area contributed by atoms with Crippen LogP contribution in [0.15, 0.2) is 0 Å². The van der Waals surface area contributed by atoms with Crippen LogP contribution in [0.1, 0.15) is 44.9 Å². The van der Waals surface area contributed by atoms with E-state index in [4.69, 9.17) is 9.84 Å². The third kappa shape index (κ3) is 3.26. The van der Waals surface area contributed by atoms with Gasteiger partial charge in [-0.3, -0.25) is 9.59 Å². The number of carboxylic acids is 1. The van der Waals surface area contributed by atoms with Crippen molar-refractivity contribution in [3.63, 3.8) is 0 Å². The number of carbonyl (C=O) groups excluding carboxylic acids is 1. The average molecular weight is 269 g/mol. The third-order valence-electron chi connectivity index (χ3n) is 4.73. The van der Waals surface area contributed by atoms with Gasteiger partial charge in [-0.1, -0.05) is 0 Å². The summed E-state index contributed by atoms with van der Waals surface area (Å²) in [6.07, 6.45) is 5.77. The zero-order valence-corrected chi connectivity index (χ0v) is 11.5. The highest BCUT2D eigenvalue weighted by Gasteiger charge is 2.38. The van der Waals surface area contributed by atoms with Crippen molar-refractivity contribution in [1.82, 2.24) is 5.32 Å². The smallest absolute Gasteiger partial charge is 0.306 e. The Kier molecular flexibility index (Phi) is 4.45. The largest absolute Gasteiger partial charge is 0.481 e. The van der Waals surface area contributed by atoms with Gasteiger partial charge >= 0.3 is 5.97 Å². The van der Waals surface area contributed by atoms with E-state index in [1.165, 1.54) is 0 Å². The van der Waals surface area contributed by atoms with Gasteiger partial charge in [0, 0.05) is 19.6 Å². The van der Waals surface area contributed by atoms with Crippen molar-refractivity contribution in [3.8, 4) is 0 Å². The number of hydrogen-bond donors (Lipinski definition) is 2. The van der Waals surface area contributed by atoms with Crippen LogP contribution < -0.4 is 5.32 Å². The van der Waals surface area contributed by atoms with Gasteiger partial charge in [-0.25, -0.2) is 0 Å². The van der Waals surface area contributed by atoms with E-state index in [1.54, 1.807) is 7.11 Å². The fraction of sp³-hybridized carbons (Fsp3) is 0.857. The highest BCUT2D eigenvalue weighted by Crippen LogP contribution is 2.34. The first kappa shape index (κ1) is 14.3. The lowest BCUT2D eigenvalue weighted by Gasteiger charge is -2.40. The van der Waals surface area contributed by atoms with Gasteiger partial charge in [0.2, 0.25) is 5.91 Å². The van der Waals surface area contributed by atoms with Crippen LogP contribution in [0.25, 0.3) is 0 Å². The monoisotopic (exact) mass is 269 g/mol. The molecule has 5 nitrogen and oxygen atoms in total.